The molecule has 0 amide bonds. The molecule has 2 aromatic heterocycles. The molecule has 0 spiro atoms. The van der Waals surface area contributed by atoms with Gasteiger partial charge in [0.2, 0.25) is 0 Å². The third kappa shape index (κ3) is 3.76. The smallest absolute Gasteiger partial charge is 0.266 e. The molecule has 1 aromatic carbocycles. The molecular formula is C19H20N3O4S2-. The van der Waals surface area contributed by atoms with Crippen molar-refractivity contribution in [2.45, 2.75) is 0 Å². The Labute approximate surface area is 168 Å². The van der Waals surface area contributed by atoms with E-state index in [2.05, 4.69) is 20.7 Å². The van der Waals surface area contributed by atoms with Crippen LogP contribution in [0.15, 0.2) is 34.4 Å². The highest BCUT2D eigenvalue weighted by molar-refractivity contribution is 7.77. The van der Waals surface area contributed by atoms with E-state index in [1.807, 2.05) is 29.7 Å². The fraction of sp³-hybridized carbons (Fsp3) is 0.316. The van der Waals surface area contributed by atoms with E-state index in [-0.39, 0.29) is 5.56 Å². The highest BCUT2D eigenvalue weighted by Gasteiger charge is 2.25. The molecule has 9 heteroatoms. The molecule has 28 heavy (non-hydrogen) atoms. The number of hydrogen-bond donors (Lipinski definition) is 2. The van der Waals surface area contributed by atoms with Crippen LogP contribution in [0.3, 0.4) is 0 Å². The van der Waals surface area contributed by atoms with Gasteiger partial charge in [0.25, 0.3) is 5.56 Å². The van der Waals surface area contributed by atoms with Crippen LogP contribution < -0.4 is 15.0 Å². The van der Waals surface area contributed by atoms with Crippen molar-refractivity contribution >= 4 is 49.7 Å². The van der Waals surface area contributed by atoms with Crippen molar-refractivity contribution < 1.29 is 13.5 Å². The number of methoxy groups -OCH3 is 1. The quantitative estimate of drug-likeness (QED) is 0.573. The molecule has 0 aliphatic carbocycles. The number of aromatic nitrogens is 1. The number of thiophene rings is 1. The average molecular weight is 419 g/mol. The summed E-state index contributed by atoms with van der Waals surface area (Å²) in [5.74, 6) is 1.11. The monoisotopic (exact) mass is 418 g/mol. The average Bonchev–Trinajstić information content (AvgIpc) is 3.13. The van der Waals surface area contributed by atoms with Crippen molar-refractivity contribution in [3.05, 3.63) is 45.6 Å². The summed E-state index contributed by atoms with van der Waals surface area (Å²) in [5.41, 5.74) is 1.66. The number of nitrogens with zero attached hydrogens (tertiary/aromatic N) is 1. The van der Waals surface area contributed by atoms with Gasteiger partial charge in [-0.15, -0.1) is 11.3 Å². The Morgan fingerprint density at radius 3 is 3.00 bits per heavy atom. The number of ether oxygens (including phenoxy) is 1. The molecule has 1 atom stereocenters. The highest BCUT2D eigenvalue weighted by atomic mass is 32.2. The zero-order chi connectivity index (χ0) is 19.7. The lowest BCUT2D eigenvalue weighted by atomic mass is 10.0. The molecular weight excluding hydrogens is 398 g/mol. The van der Waals surface area contributed by atoms with Gasteiger partial charge < -0.3 is 14.3 Å². The van der Waals surface area contributed by atoms with Gasteiger partial charge >= 0.3 is 0 Å². The number of H-pyrrole nitrogens is 1. The summed E-state index contributed by atoms with van der Waals surface area (Å²) < 4.78 is 29.8. The van der Waals surface area contributed by atoms with Gasteiger partial charge in [-0.1, -0.05) is 12.2 Å². The Balaban J connectivity index is 1.56. The van der Waals surface area contributed by atoms with Crippen molar-refractivity contribution in [2.75, 3.05) is 33.3 Å². The van der Waals surface area contributed by atoms with Gasteiger partial charge in [-0.3, -0.25) is 13.9 Å². The van der Waals surface area contributed by atoms with E-state index in [0.717, 1.165) is 47.2 Å². The van der Waals surface area contributed by atoms with Gasteiger partial charge in [0.15, 0.2) is 0 Å². The Morgan fingerprint density at radius 1 is 1.43 bits per heavy atom. The minimum Gasteiger partial charge on any atom is -0.760 e. The van der Waals surface area contributed by atoms with E-state index >= 15 is 0 Å². The number of pyridine rings is 1. The Morgan fingerprint density at radius 2 is 2.25 bits per heavy atom. The normalized spacial score (nSPS) is 16.8. The number of benzene rings is 1. The second kappa shape index (κ2) is 8.14. The standard InChI is InChI=1S/C19H21N3O4S2/c1-26-16-5-4-15-17(14-6-8-27-18(14)19(23)21-15)13(16)3-2-7-22-10-12(11-22)9-20-28(24)25/h2-6,8,12,20H,7,9-11H2,1H3,(H,21,23)(H,24,25)/p-1/b3-2+. The zero-order valence-electron chi connectivity index (χ0n) is 15.3. The van der Waals surface area contributed by atoms with Crippen molar-refractivity contribution in [1.29, 1.82) is 0 Å². The predicted molar refractivity (Wildman–Crippen MR) is 112 cm³/mol. The first-order valence-electron chi connectivity index (χ1n) is 8.88. The van der Waals surface area contributed by atoms with E-state index < -0.39 is 11.3 Å². The molecule has 0 radical (unpaired) electrons. The zero-order valence-corrected chi connectivity index (χ0v) is 16.9. The molecule has 1 aliphatic rings. The molecule has 1 aliphatic heterocycles. The Hall–Kier alpha value is -2.04. The Bertz CT molecular complexity index is 1120. The lowest BCUT2D eigenvalue weighted by Gasteiger charge is -2.38. The number of hydrogen-bond acceptors (Lipinski definition) is 6. The molecule has 3 aromatic rings. The molecule has 148 valence electrons. The van der Waals surface area contributed by atoms with Gasteiger partial charge in [0.05, 0.1) is 7.11 Å². The first-order valence-corrected chi connectivity index (χ1v) is 10.8. The summed E-state index contributed by atoms with van der Waals surface area (Å²) in [6, 6.07) is 5.71. The summed E-state index contributed by atoms with van der Waals surface area (Å²) in [6.45, 7) is 2.98. The summed E-state index contributed by atoms with van der Waals surface area (Å²) in [7, 11) is 1.64. The third-order valence-electron chi connectivity index (χ3n) is 4.99. The topological polar surface area (TPSA) is 97.5 Å². The summed E-state index contributed by atoms with van der Waals surface area (Å²) >= 11 is -0.761. The highest BCUT2D eigenvalue weighted by Crippen LogP contribution is 2.34. The van der Waals surface area contributed by atoms with Crippen LogP contribution in [0.25, 0.3) is 27.1 Å². The van der Waals surface area contributed by atoms with Crippen LogP contribution >= 0.6 is 11.3 Å². The maximum absolute atomic E-state index is 12.3. The number of rotatable bonds is 7. The van der Waals surface area contributed by atoms with Gasteiger partial charge in [-0.05, 0) is 29.5 Å². The summed E-state index contributed by atoms with van der Waals surface area (Å²) in [6.07, 6.45) is 4.12. The van der Waals surface area contributed by atoms with Crippen LogP contribution in [0.5, 0.6) is 5.75 Å². The summed E-state index contributed by atoms with van der Waals surface area (Å²) in [4.78, 5) is 17.5. The summed E-state index contributed by atoms with van der Waals surface area (Å²) in [5, 5.41) is 3.84. The van der Waals surface area contributed by atoms with Crippen molar-refractivity contribution in [2.24, 2.45) is 5.92 Å². The maximum atomic E-state index is 12.3. The van der Waals surface area contributed by atoms with Gasteiger partial charge in [-0.25, -0.2) is 4.72 Å². The van der Waals surface area contributed by atoms with Crippen LogP contribution in [0.1, 0.15) is 5.56 Å². The van der Waals surface area contributed by atoms with Crippen LogP contribution in [0, 0.1) is 5.92 Å². The number of likely N-dealkylation sites (tertiary alicyclic amines) is 1. The second-order valence-electron chi connectivity index (χ2n) is 6.79. The molecule has 0 saturated carbocycles. The lowest BCUT2D eigenvalue weighted by molar-refractivity contribution is 0.119. The number of fused-ring (bicyclic) bond motifs is 3. The van der Waals surface area contributed by atoms with Crippen LogP contribution in [0.4, 0.5) is 0 Å². The van der Waals surface area contributed by atoms with Crippen molar-refractivity contribution in [3.63, 3.8) is 0 Å². The number of nitrogens with one attached hydrogen (secondary N) is 2. The molecule has 7 nitrogen and oxygen atoms in total. The lowest BCUT2D eigenvalue weighted by Crippen LogP contribution is -2.50. The molecule has 4 rings (SSSR count). The predicted octanol–water partition coefficient (Wildman–Crippen LogP) is 2.08. The van der Waals surface area contributed by atoms with Crippen molar-refractivity contribution in [1.82, 2.24) is 14.6 Å². The minimum absolute atomic E-state index is 0.0724. The fourth-order valence-electron chi connectivity index (χ4n) is 3.66. The fourth-order valence-corrected chi connectivity index (χ4v) is 4.83. The van der Waals surface area contributed by atoms with Gasteiger partial charge in [0.1, 0.15) is 10.4 Å². The van der Waals surface area contributed by atoms with Crippen LogP contribution in [-0.4, -0.2) is 51.9 Å². The molecule has 3 heterocycles. The van der Waals surface area contributed by atoms with E-state index in [1.54, 1.807) is 7.11 Å². The maximum Gasteiger partial charge on any atom is 0.266 e. The molecule has 1 unspecified atom stereocenters. The van der Waals surface area contributed by atoms with Crippen LogP contribution in [-0.2, 0) is 11.3 Å². The van der Waals surface area contributed by atoms with Crippen LogP contribution in [0.2, 0.25) is 0 Å². The van der Waals surface area contributed by atoms with Gasteiger partial charge in [-0.2, -0.15) is 0 Å². The largest absolute Gasteiger partial charge is 0.760 e. The van der Waals surface area contributed by atoms with Gasteiger partial charge in [0, 0.05) is 59.3 Å². The first-order chi connectivity index (χ1) is 13.6. The Kier molecular flexibility index (Phi) is 5.61. The SMILES string of the molecule is COc1ccc2[nH]c(=O)c3sccc3c2c1/C=C/CN1CC(CNS(=O)[O-])C1. The van der Waals surface area contributed by atoms with E-state index in [1.165, 1.54) is 11.3 Å². The molecule has 1 fully saturated rings. The van der Waals surface area contributed by atoms with Crippen molar-refractivity contribution in [3.8, 4) is 5.75 Å². The van der Waals surface area contributed by atoms with E-state index in [4.69, 9.17) is 4.74 Å². The minimum atomic E-state index is -2.19. The van der Waals surface area contributed by atoms with E-state index in [9.17, 15) is 13.6 Å². The molecule has 1 saturated heterocycles. The molecule has 2 N–H and O–H groups in total. The molecule has 0 bridgehead atoms. The van der Waals surface area contributed by atoms with E-state index in [0.29, 0.717) is 17.2 Å². The third-order valence-corrected chi connectivity index (χ3v) is 6.30. The first kappa shape index (κ1) is 19.3. The second-order valence-corrected chi connectivity index (χ2v) is 8.47. The number of aromatic amines is 1.